The Hall–Kier alpha value is -3.64. The number of nitrogens with one attached hydrogen (secondary N) is 1. The van der Waals surface area contributed by atoms with Gasteiger partial charge in [0, 0.05) is 5.56 Å². The minimum absolute atomic E-state index is 0.661. The van der Waals surface area contributed by atoms with E-state index in [0.717, 1.165) is 32.4 Å². The van der Waals surface area contributed by atoms with E-state index in [0.29, 0.717) is 11.5 Å². The van der Waals surface area contributed by atoms with Crippen molar-refractivity contribution in [3.8, 4) is 33.2 Å². The van der Waals surface area contributed by atoms with Crippen LogP contribution in [-0.2, 0) is 0 Å². The SMILES string of the molecule is COc1ccc(/C=N\Nc2nc(-c3ccc(C)cc3)c(-c3ccccc3)s2)cc1OC. The molecule has 0 atom stereocenters. The van der Waals surface area contributed by atoms with E-state index in [1.54, 1.807) is 31.8 Å². The molecule has 4 rings (SSSR count). The zero-order valence-corrected chi connectivity index (χ0v) is 18.4. The van der Waals surface area contributed by atoms with Gasteiger partial charge in [-0.2, -0.15) is 5.10 Å². The number of benzene rings is 3. The fourth-order valence-electron chi connectivity index (χ4n) is 3.16. The maximum absolute atomic E-state index is 5.35. The Morgan fingerprint density at radius 3 is 2.32 bits per heavy atom. The zero-order chi connectivity index (χ0) is 21.6. The lowest BCUT2D eigenvalue weighted by molar-refractivity contribution is 0.355. The molecule has 156 valence electrons. The number of aromatic nitrogens is 1. The number of anilines is 1. The molecule has 0 radical (unpaired) electrons. The number of thiazole rings is 1. The summed E-state index contributed by atoms with van der Waals surface area (Å²) >= 11 is 1.58. The number of nitrogens with zero attached hydrogens (tertiary/aromatic N) is 2. The summed E-state index contributed by atoms with van der Waals surface area (Å²) in [6.45, 7) is 2.08. The van der Waals surface area contributed by atoms with Crippen LogP contribution in [0.1, 0.15) is 11.1 Å². The van der Waals surface area contributed by atoms with Gasteiger partial charge < -0.3 is 9.47 Å². The van der Waals surface area contributed by atoms with Gasteiger partial charge in [0.1, 0.15) is 0 Å². The van der Waals surface area contributed by atoms with Crippen LogP contribution in [0.3, 0.4) is 0 Å². The molecule has 0 unspecified atom stereocenters. The standard InChI is InChI=1S/C25H23N3O2S/c1-17-9-12-19(13-10-17)23-24(20-7-5-4-6-8-20)31-25(27-23)28-26-16-18-11-14-21(29-2)22(15-18)30-3/h4-16H,1-3H3,(H,27,28)/b26-16-. The molecule has 0 spiro atoms. The Morgan fingerprint density at radius 1 is 0.871 bits per heavy atom. The Balaban J connectivity index is 1.62. The van der Waals surface area contributed by atoms with Gasteiger partial charge in [-0.25, -0.2) is 4.98 Å². The summed E-state index contributed by atoms with van der Waals surface area (Å²) in [5, 5.41) is 5.10. The molecule has 1 N–H and O–H groups in total. The summed E-state index contributed by atoms with van der Waals surface area (Å²) in [7, 11) is 3.23. The predicted octanol–water partition coefficient (Wildman–Crippen LogP) is 6.25. The average Bonchev–Trinajstić information content (AvgIpc) is 3.24. The van der Waals surface area contributed by atoms with E-state index in [9.17, 15) is 0 Å². The third-order valence-corrected chi connectivity index (χ3v) is 5.78. The molecule has 1 heterocycles. The van der Waals surface area contributed by atoms with Crippen molar-refractivity contribution in [2.24, 2.45) is 5.10 Å². The van der Waals surface area contributed by atoms with Crippen molar-refractivity contribution in [2.75, 3.05) is 19.6 Å². The molecule has 0 amide bonds. The quantitative estimate of drug-likeness (QED) is 0.279. The summed E-state index contributed by atoms with van der Waals surface area (Å²) in [5.41, 5.74) is 8.35. The second-order valence-electron chi connectivity index (χ2n) is 6.91. The van der Waals surface area contributed by atoms with Gasteiger partial charge in [0.2, 0.25) is 5.13 Å². The van der Waals surface area contributed by atoms with Crippen molar-refractivity contribution in [1.82, 2.24) is 4.98 Å². The van der Waals surface area contributed by atoms with Gasteiger partial charge in [0.15, 0.2) is 11.5 Å². The molecular weight excluding hydrogens is 406 g/mol. The lowest BCUT2D eigenvalue weighted by Crippen LogP contribution is -1.94. The third kappa shape index (κ3) is 4.75. The fraction of sp³-hybridized carbons (Fsp3) is 0.120. The summed E-state index contributed by atoms with van der Waals surface area (Å²) in [5.74, 6) is 1.34. The van der Waals surface area contributed by atoms with Gasteiger partial charge in [0.25, 0.3) is 0 Å². The van der Waals surface area contributed by atoms with Crippen LogP contribution in [0.2, 0.25) is 0 Å². The smallest absolute Gasteiger partial charge is 0.204 e. The van der Waals surface area contributed by atoms with E-state index in [2.05, 4.69) is 53.8 Å². The van der Waals surface area contributed by atoms with Gasteiger partial charge in [0.05, 0.1) is 31.0 Å². The third-order valence-electron chi connectivity index (χ3n) is 4.77. The van der Waals surface area contributed by atoms with E-state index in [-0.39, 0.29) is 0 Å². The molecule has 0 bridgehead atoms. The Bertz CT molecular complexity index is 1190. The van der Waals surface area contributed by atoms with Crippen molar-refractivity contribution in [2.45, 2.75) is 6.92 Å². The largest absolute Gasteiger partial charge is 0.493 e. The van der Waals surface area contributed by atoms with Gasteiger partial charge in [-0.05, 0) is 36.2 Å². The number of rotatable bonds is 7. The lowest BCUT2D eigenvalue weighted by atomic mass is 10.1. The predicted molar refractivity (Wildman–Crippen MR) is 128 cm³/mol. The Kier molecular flexibility index (Phi) is 6.29. The summed E-state index contributed by atoms with van der Waals surface area (Å²) in [4.78, 5) is 5.93. The fourth-order valence-corrected chi connectivity index (χ4v) is 4.10. The highest BCUT2D eigenvalue weighted by Crippen LogP contribution is 2.39. The van der Waals surface area contributed by atoms with Gasteiger partial charge >= 0.3 is 0 Å². The van der Waals surface area contributed by atoms with E-state index < -0.39 is 0 Å². The van der Waals surface area contributed by atoms with Gasteiger partial charge in [-0.15, -0.1) is 0 Å². The monoisotopic (exact) mass is 429 g/mol. The minimum Gasteiger partial charge on any atom is -0.493 e. The van der Waals surface area contributed by atoms with Crippen molar-refractivity contribution in [3.63, 3.8) is 0 Å². The number of hydrogen-bond acceptors (Lipinski definition) is 6. The topological polar surface area (TPSA) is 55.7 Å². The highest BCUT2D eigenvalue weighted by molar-refractivity contribution is 7.19. The lowest BCUT2D eigenvalue weighted by Gasteiger charge is -2.07. The van der Waals surface area contributed by atoms with E-state index in [1.807, 2.05) is 36.4 Å². The highest BCUT2D eigenvalue weighted by Gasteiger charge is 2.14. The Morgan fingerprint density at radius 2 is 1.61 bits per heavy atom. The van der Waals surface area contributed by atoms with Crippen LogP contribution >= 0.6 is 11.3 Å². The van der Waals surface area contributed by atoms with Crippen LogP contribution in [-0.4, -0.2) is 25.4 Å². The number of hydrazone groups is 1. The molecule has 0 saturated carbocycles. The van der Waals surface area contributed by atoms with Crippen LogP contribution < -0.4 is 14.9 Å². The van der Waals surface area contributed by atoms with Crippen molar-refractivity contribution < 1.29 is 9.47 Å². The van der Waals surface area contributed by atoms with Gasteiger partial charge in [-0.3, -0.25) is 5.43 Å². The average molecular weight is 430 g/mol. The van der Waals surface area contributed by atoms with Crippen molar-refractivity contribution in [3.05, 3.63) is 83.9 Å². The molecule has 0 aliphatic carbocycles. The molecule has 3 aromatic carbocycles. The number of ether oxygens (including phenoxy) is 2. The molecule has 31 heavy (non-hydrogen) atoms. The highest BCUT2D eigenvalue weighted by atomic mass is 32.1. The Labute approximate surface area is 186 Å². The normalized spacial score (nSPS) is 10.9. The summed E-state index contributed by atoms with van der Waals surface area (Å²) in [6, 6.07) is 24.4. The summed E-state index contributed by atoms with van der Waals surface area (Å²) < 4.78 is 10.6. The molecule has 0 saturated heterocycles. The second-order valence-corrected chi connectivity index (χ2v) is 7.91. The number of methoxy groups -OCH3 is 2. The van der Waals surface area contributed by atoms with Crippen LogP contribution in [0.15, 0.2) is 77.9 Å². The maximum atomic E-state index is 5.35. The first-order valence-electron chi connectivity index (χ1n) is 9.82. The van der Waals surface area contributed by atoms with Crippen LogP contribution in [0.5, 0.6) is 11.5 Å². The molecule has 4 aromatic rings. The minimum atomic E-state index is 0.661. The second kappa shape index (κ2) is 9.45. The first-order chi connectivity index (χ1) is 15.2. The van der Waals surface area contributed by atoms with E-state index in [4.69, 9.17) is 14.5 Å². The van der Waals surface area contributed by atoms with Crippen LogP contribution in [0.25, 0.3) is 21.7 Å². The first-order valence-corrected chi connectivity index (χ1v) is 10.6. The number of aryl methyl sites for hydroxylation is 1. The van der Waals surface area contributed by atoms with Crippen molar-refractivity contribution in [1.29, 1.82) is 0 Å². The summed E-state index contributed by atoms with van der Waals surface area (Å²) in [6.07, 6.45) is 1.73. The molecule has 0 aliphatic heterocycles. The van der Waals surface area contributed by atoms with E-state index in [1.165, 1.54) is 5.56 Å². The first kappa shape index (κ1) is 20.6. The molecule has 0 aliphatic rings. The molecular formula is C25H23N3O2S. The van der Waals surface area contributed by atoms with Crippen molar-refractivity contribution >= 4 is 22.7 Å². The molecule has 6 heteroatoms. The van der Waals surface area contributed by atoms with Gasteiger partial charge in [-0.1, -0.05) is 71.5 Å². The molecule has 1 aromatic heterocycles. The van der Waals surface area contributed by atoms with E-state index >= 15 is 0 Å². The van der Waals surface area contributed by atoms with Crippen LogP contribution in [0.4, 0.5) is 5.13 Å². The zero-order valence-electron chi connectivity index (χ0n) is 17.6. The molecule has 0 fully saturated rings. The molecule has 5 nitrogen and oxygen atoms in total. The van der Waals surface area contributed by atoms with Crippen LogP contribution in [0, 0.1) is 6.92 Å². The maximum Gasteiger partial charge on any atom is 0.204 e. The number of hydrogen-bond donors (Lipinski definition) is 1.